The summed E-state index contributed by atoms with van der Waals surface area (Å²) >= 11 is 3.36. The van der Waals surface area contributed by atoms with Crippen LogP contribution in [0, 0.1) is 0 Å². The zero-order valence-electron chi connectivity index (χ0n) is 10.7. The molecule has 1 aromatic carbocycles. The van der Waals surface area contributed by atoms with Crippen LogP contribution in [0.25, 0.3) is 0 Å². The van der Waals surface area contributed by atoms with E-state index < -0.39 is 0 Å². The van der Waals surface area contributed by atoms with Crippen LogP contribution in [-0.2, 0) is 0 Å². The number of aromatic nitrogens is 1. The number of nitrogens with one attached hydrogen (secondary N) is 1. The number of halogens is 1. The molecule has 0 aliphatic heterocycles. The number of carbonyl (C=O) groups excluding carboxylic acids is 1. The molecule has 0 saturated heterocycles. The fraction of sp³-hybridized carbons (Fsp3) is 0.143. The topological polar surface area (TPSA) is 45.2 Å². The van der Waals surface area contributed by atoms with E-state index in [0.717, 1.165) is 16.0 Å². The first-order valence-corrected chi connectivity index (χ1v) is 6.56. The Hall–Kier alpha value is -1.88. The van der Waals surface area contributed by atoms with Gasteiger partial charge in [0.1, 0.15) is 5.82 Å². The number of carbonyl (C=O) groups is 1. The SMILES string of the molecule is CN(C)c1ccc(C(=O)Nc2cccc(Br)c2)cn1. The quantitative estimate of drug-likeness (QED) is 0.945. The lowest BCUT2D eigenvalue weighted by Crippen LogP contribution is -2.14. The predicted octanol–water partition coefficient (Wildman–Crippen LogP) is 3.16. The summed E-state index contributed by atoms with van der Waals surface area (Å²) in [7, 11) is 3.81. The number of hydrogen-bond acceptors (Lipinski definition) is 3. The van der Waals surface area contributed by atoms with Crippen LogP contribution in [0.4, 0.5) is 11.5 Å². The summed E-state index contributed by atoms with van der Waals surface area (Å²) in [6.45, 7) is 0. The van der Waals surface area contributed by atoms with Crippen LogP contribution in [0.2, 0.25) is 0 Å². The lowest BCUT2D eigenvalue weighted by molar-refractivity contribution is 0.102. The van der Waals surface area contributed by atoms with Gasteiger partial charge in [0.15, 0.2) is 0 Å². The fourth-order valence-electron chi connectivity index (χ4n) is 1.55. The average molecular weight is 320 g/mol. The third-order valence-corrected chi connectivity index (χ3v) is 3.04. The van der Waals surface area contributed by atoms with Gasteiger partial charge in [-0.3, -0.25) is 4.79 Å². The Morgan fingerprint density at radius 2 is 2.05 bits per heavy atom. The smallest absolute Gasteiger partial charge is 0.257 e. The Bertz CT molecular complexity index is 581. The third-order valence-electron chi connectivity index (χ3n) is 2.55. The monoisotopic (exact) mass is 319 g/mol. The summed E-state index contributed by atoms with van der Waals surface area (Å²) in [5.74, 6) is 0.648. The van der Waals surface area contributed by atoms with Crippen LogP contribution in [0.1, 0.15) is 10.4 Å². The highest BCUT2D eigenvalue weighted by Gasteiger charge is 2.07. The van der Waals surface area contributed by atoms with Crippen molar-refractivity contribution in [1.82, 2.24) is 4.98 Å². The van der Waals surface area contributed by atoms with Gasteiger partial charge >= 0.3 is 0 Å². The van der Waals surface area contributed by atoms with E-state index >= 15 is 0 Å². The third kappa shape index (κ3) is 3.54. The second-order valence-electron chi connectivity index (χ2n) is 4.26. The van der Waals surface area contributed by atoms with Gasteiger partial charge in [-0.05, 0) is 30.3 Å². The van der Waals surface area contributed by atoms with E-state index in [2.05, 4.69) is 26.2 Å². The highest BCUT2D eigenvalue weighted by atomic mass is 79.9. The molecule has 0 atom stereocenters. The first-order chi connectivity index (χ1) is 9.06. The van der Waals surface area contributed by atoms with Crippen LogP contribution >= 0.6 is 15.9 Å². The highest BCUT2D eigenvalue weighted by molar-refractivity contribution is 9.10. The standard InChI is InChI=1S/C14H14BrN3O/c1-18(2)13-7-6-10(9-16-13)14(19)17-12-5-3-4-11(15)8-12/h3-9H,1-2H3,(H,17,19). The van der Waals surface area contributed by atoms with Crippen molar-refractivity contribution in [2.45, 2.75) is 0 Å². The molecule has 1 heterocycles. The predicted molar refractivity (Wildman–Crippen MR) is 80.7 cm³/mol. The van der Waals surface area contributed by atoms with Crippen molar-refractivity contribution in [3.63, 3.8) is 0 Å². The molecule has 0 bridgehead atoms. The summed E-state index contributed by atoms with van der Waals surface area (Å²) in [5.41, 5.74) is 1.28. The molecular weight excluding hydrogens is 306 g/mol. The number of nitrogens with zero attached hydrogens (tertiary/aromatic N) is 2. The molecule has 0 fully saturated rings. The summed E-state index contributed by atoms with van der Waals surface area (Å²) in [6, 6.07) is 11.0. The van der Waals surface area contributed by atoms with Crippen LogP contribution < -0.4 is 10.2 Å². The molecule has 0 unspecified atom stereocenters. The number of benzene rings is 1. The molecule has 1 amide bonds. The molecule has 0 radical (unpaired) electrons. The second-order valence-corrected chi connectivity index (χ2v) is 5.18. The van der Waals surface area contributed by atoms with Crippen molar-refractivity contribution < 1.29 is 4.79 Å². The van der Waals surface area contributed by atoms with Gasteiger partial charge in [0.25, 0.3) is 5.91 Å². The van der Waals surface area contributed by atoms with Gasteiger partial charge in [-0.1, -0.05) is 22.0 Å². The summed E-state index contributed by atoms with van der Waals surface area (Å²) < 4.78 is 0.923. The Kier molecular flexibility index (Phi) is 4.16. The van der Waals surface area contributed by atoms with E-state index in [4.69, 9.17) is 0 Å². The Morgan fingerprint density at radius 1 is 1.26 bits per heavy atom. The Morgan fingerprint density at radius 3 is 2.63 bits per heavy atom. The van der Waals surface area contributed by atoms with E-state index in [9.17, 15) is 4.79 Å². The molecular formula is C14H14BrN3O. The van der Waals surface area contributed by atoms with Crippen molar-refractivity contribution in [3.8, 4) is 0 Å². The minimum Gasteiger partial charge on any atom is -0.363 e. The number of amides is 1. The van der Waals surface area contributed by atoms with Crippen LogP contribution in [-0.4, -0.2) is 25.0 Å². The number of hydrogen-bond donors (Lipinski definition) is 1. The van der Waals surface area contributed by atoms with E-state index in [-0.39, 0.29) is 5.91 Å². The molecule has 1 N–H and O–H groups in total. The zero-order chi connectivity index (χ0) is 13.8. The normalized spacial score (nSPS) is 10.1. The van der Waals surface area contributed by atoms with Crippen molar-refractivity contribution in [1.29, 1.82) is 0 Å². The van der Waals surface area contributed by atoms with Crippen molar-refractivity contribution >= 4 is 33.3 Å². The summed E-state index contributed by atoms with van der Waals surface area (Å²) in [6.07, 6.45) is 1.57. The molecule has 0 spiro atoms. The maximum Gasteiger partial charge on any atom is 0.257 e. The lowest BCUT2D eigenvalue weighted by Gasteiger charge is -2.11. The van der Waals surface area contributed by atoms with E-state index in [0.29, 0.717) is 5.56 Å². The maximum atomic E-state index is 12.0. The molecule has 4 nitrogen and oxygen atoms in total. The first-order valence-electron chi connectivity index (χ1n) is 5.76. The fourth-order valence-corrected chi connectivity index (χ4v) is 1.95. The molecule has 1 aromatic heterocycles. The van der Waals surface area contributed by atoms with Gasteiger partial charge < -0.3 is 10.2 Å². The molecule has 2 aromatic rings. The number of rotatable bonds is 3. The molecule has 0 aliphatic rings. The largest absolute Gasteiger partial charge is 0.363 e. The highest BCUT2D eigenvalue weighted by Crippen LogP contribution is 2.16. The van der Waals surface area contributed by atoms with Gasteiger partial charge in [0, 0.05) is 30.5 Å². The molecule has 2 rings (SSSR count). The van der Waals surface area contributed by atoms with Gasteiger partial charge in [-0.15, -0.1) is 0 Å². The van der Waals surface area contributed by atoms with Gasteiger partial charge in [0.05, 0.1) is 5.56 Å². The van der Waals surface area contributed by atoms with Crippen molar-refractivity contribution in [2.24, 2.45) is 0 Å². The lowest BCUT2D eigenvalue weighted by atomic mass is 10.2. The van der Waals surface area contributed by atoms with Crippen LogP contribution in [0.3, 0.4) is 0 Å². The molecule has 5 heteroatoms. The van der Waals surface area contributed by atoms with Gasteiger partial charge in [-0.25, -0.2) is 4.98 Å². The average Bonchev–Trinajstić information content (AvgIpc) is 2.39. The summed E-state index contributed by atoms with van der Waals surface area (Å²) in [5, 5.41) is 2.83. The number of pyridine rings is 1. The molecule has 0 saturated carbocycles. The second kappa shape index (κ2) is 5.84. The molecule has 0 aliphatic carbocycles. The van der Waals surface area contributed by atoms with E-state index in [1.165, 1.54) is 0 Å². The zero-order valence-corrected chi connectivity index (χ0v) is 12.3. The Labute approximate surface area is 120 Å². The van der Waals surface area contributed by atoms with Crippen molar-refractivity contribution in [3.05, 3.63) is 52.6 Å². The Balaban J connectivity index is 2.11. The minimum atomic E-state index is -0.170. The van der Waals surface area contributed by atoms with Crippen molar-refractivity contribution in [2.75, 3.05) is 24.3 Å². The minimum absolute atomic E-state index is 0.170. The van der Waals surface area contributed by atoms with E-state index in [1.54, 1.807) is 12.3 Å². The summed E-state index contributed by atoms with van der Waals surface area (Å²) in [4.78, 5) is 18.1. The first kappa shape index (κ1) is 13.5. The van der Waals surface area contributed by atoms with Crippen LogP contribution in [0.5, 0.6) is 0 Å². The molecule has 19 heavy (non-hydrogen) atoms. The van der Waals surface area contributed by atoms with Crippen LogP contribution in [0.15, 0.2) is 47.1 Å². The maximum absolute atomic E-state index is 12.0. The number of anilines is 2. The van der Waals surface area contributed by atoms with E-state index in [1.807, 2.05) is 49.3 Å². The van der Waals surface area contributed by atoms with Gasteiger partial charge in [0.2, 0.25) is 0 Å². The van der Waals surface area contributed by atoms with Gasteiger partial charge in [-0.2, -0.15) is 0 Å². The molecule has 98 valence electrons.